The van der Waals surface area contributed by atoms with Crippen LogP contribution in [0, 0.1) is 0 Å². The second-order valence-electron chi connectivity index (χ2n) is 6.51. The molecule has 0 aliphatic rings. The Bertz CT molecular complexity index is 847. The normalized spacial score (nSPS) is 11.3. The average molecular weight is 320 g/mol. The molecule has 2 aromatic heterocycles. The number of aryl methyl sites for hydroxylation is 1. The number of unbranched alkanes of at least 4 members (excludes halogenated alkanes) is 1. The molecule has 0 unspecified atom stereocenters. The van der Waals surface area contributed by atoms with Crippen LogP contribution < -0.4 is 0 Å². The number of fused-ring (bicyclic) bond motifs is 1. The summed E-state index contributed by atoms with van der Waals surface area (Å²) in [5, 5.41) is 1.05. The lowest BCUT2D eigenvalue weighted by atomic mass is 9.96. The van der Waals surface area contributed by atoms with E-state index in [1.165, 1.54) is 0 Å². The van der Waals surface area contributed by atoms with Gasteiger partial charge >= 0.3 is 0 Å². The van der Waals surface area contributed by atoms with E-state index >= 15 is 0 Å². The molecule has 0 N–H and O–H groups in total. The van der Waals surface area contributed by atoms with Crippen molar-refractivity contribution in [3.8, 4) is 0 Å². The molecule has 24 heavy (non-hydrogen) atoms. The first-order valence-corrected chi connectivity index (χ1v) is 8.71. The van der Waals surface area contributed by atoms with Gasteiger partial charge in [0, 0.05) is 41.1 Å². The molecule has 2 heterocycles. The Morgan fingerprint density at radius 2 is 1.96 bits per heavy atom. The number of aromatic nitrogens is 2. The molecule has 1 aromatic carbocycles. The van der Waals surface area contributed by atoms with Gasteiger partial charge in [0.25, 0.3) is 0 Å². The van der Waals surface area contributed by atoms with Crippen LogP contribution in [0.4, 0.5) is 0 Å². The average Bonchev–Trinajstić information content (AvgIpc) is 2.94. The fourth-order valence-electron chi connectivity index (χ4n) is 3.36. The van der Waals surface area contributed by atoms with Crippen molar-refractivity contribution in [3.05, 3.63) is 65.6 Å². The van der Waals surface area contributed by atoms with E-state index in [0.717, 1.165) is 41.5 Å². The maximum atomic E-state index is 13.2. The van der Waals surface area contributed by atoms with Gasteiger partial charge in [-0.2, -0.15) is 0 Å². The van der Waals surface area contributed by atoms with Crippen LogP contribution in [-0.2, 0) is 6.54 Å². The number of rotatable bonds is 6. The van der Waals surface area contributed by atoms with Gasteiger partial charge in [0.2, 0.25) is 0 Å². The number of ketones is 1. The van der Waals surface area contributed by atoms with Gasteiger partial charge in [-0.1, -0.05) is 45.4 Å². The van der Waals surface area contributed by atoms with E-state index in [4.69, 9.17) is 0 Å². The highest BCUT2D eigenvalue weighted by Crippen LogP contribution is 2.33. The van der Waals surface area contributed by atoms with Crippen molar-refractivity contribution in [1.82, 2.24) is 9.55 Å². The molecule has 0 spiro atoms. The summed E-state index contributed by atoms with van der Waals surface area (Å²) in [6, 6.07) is 11.9. The zero-order valence-electron chi connectivity index (χ0n) is 14.6. The Morgan fingerprint density at radius 1 is 1.17 bits per heavy atom. The highest BCUT2D eigenvalue weighted by Gasteiger charge is 2.24. The van der Waals surface area contributed by atoms with E-state index in [9.17, 15) is 4.79 Å². The summed E-state index contributed by atoms with van der Waals surface area (Å²) < 4.78 is 2.34. The van der Waals surface area contributed by atoms with E-state index in [-0.39, 0.29) is 11.7 Å². The number of hydrogen-bond donors (Lipinski definition) is 0. The Balaban J connectivity index is 2.26. The van der Waals surface area contributed by atoms with Gasteiger partial charge in [-0.15, -0.1) is 0 Å². The van der Waals surface area contributed by atoms with Gasteiger partial charge in [-0.25, -0.2) is 0 Å². The molecular formula is C21H24N2O. The first-order valence-electron chi connectivity index (χ1n) is 8.71. The van der Waals surface area contributed by atoms with E-state index in [1.54, 1.807) is 12.4 Å². The van der Waals surface area contributed by atoms with Crippen LogP contribution in [-0.4, -0.2) is 15.3 Å². The van der Waals surface area contributed by atoms with Crippen molar-refractivity contribution in [2.45, 2.75) is 46.1 Å². The van der Waals surface area contributed by atoms with Crippen molar-refractivity contribution in [1.29, 1.82) is 0 Å². The smallest absolute Gasteiger partial charge is 0.197 e. The maximum absolute atomic E-state index is 13.2. The molecule has 0 saturated heterocycles. The van der Waals surface area contributed by atoms with Crippen LogP contribution in [0.1, 0.15) is 61.1 Å². The second kappa shape index (κ2) is 7.00. The zero-order valence-corrected chi connectivity index (χ0v) is 14.6. The molecule has 0 bridgehead atoms. The number of carbonyl (C=O) groups is 1. The third kappa shape index (κ3) is 2.86. The van der Waals surface area contributed by atoms with E-state index < -0.39 is 0 Å². The molecule has 0 saturated carbocycles. The number of para-hydroxylation sites is 1. The van der Waals surface area contributed by atoms with Gasteiger partial charge in [-0.3, -0.25) is 9.78 Å². The molecular weight excluding hydrogens is 296 g/mol. The number of hydrogen-bond acceptors (Lipinski definition) is 2. The molecule has 0 aliphatic heterocycles. The third-order valence-corrected chi connectivity index (χ3v) is 4.44. The topological polar surface area (TPSA) is 34.9 Å². The minimum atomic E-state index is 0.0678. The molecule has 3 heteroatoms. The van der Waals surface area contributed by atoms with Crippen LogP contribution in [0.2, 0.25) is 0 Å². The molecule has 0 radical (unpaired) electrons. The number of nitrogens with zero attached hydrogens (tertiary/aromatic N) is 2. The summed E-state index contributed by atoms with van der Waals surface area (Å²) in [4.78, 5) is 17.3. The molecule has 0 atom stereocenters. The van der Waals surface area contributed by atoms with Crippen LogP contribution in [0.15, 0.2) is 48.8 Å². The van der Waals surface area contributed by atoms with Crippen LogP contribution >= 0.6 is 0 Å². The SMILES string of the molecule is CCCCn1c(C(C)C)c(C(=O)c2cccnc2)c2ccccc21. The van der Waals surface area contributed by atoms with Crippen molar-refractivity contribution < 1.29 is 4.79 Å². The lowest BCUT2D eigenvalue weighted by molar-refractivity contribution is 0.103. The van der Waals surface area contributed by atoms with Crippen molar-refractivity contribution in [2.75, 3.05) is 0 Å². The number of pyridine rings is 1. The van der Waals surface area contributed by atoms with Crippen molar-refractivity contribution >= 4 is 16.7 Å². The first-order chi connectivity index (χ1) is 11.6. The minimum absolute atomic E-state index is 0.0678. The van der Waals surface area contributed by atoms with E-state index in [0.29, 0.717) is 5.56 Å². The summed E-state index contributed by atoms with van der Waals surface area (Å²) in [6.07, 6.45) is 5.60. The summed E-state index contributed by atoms with van der Waals surface area (Å²) in [7, 11) is 0. The Morgan fingerprint density at radius 3 is 2.62 bits per heavy atom. The van der Waals surface area contributed by atoms with Crippen LogP contribution in [0.5, 0.6) is 0 Å². The summed E-state index contributed by atoms with van der Waals surface area (Å²) in [5.74, 6) is 0.350. The molecule has 0 amide bonds. The van der Waals surface area contributed by atoms with Crippen molar-refractivity contribution in [2.24, 2.45) is 0 Å². The Hall–Kier alpha value is -2.42. The summed E-state index contributed by atoms with van der Waals surface area (Å²) in [5.41, 5.74) is 3.78. The number of benzene rings is 1. The molecule has 3 rings (SSSR count). The monoisotopic (exact) mass is 320 g/mol. The van der Waals surface area contributed by atoms with Gasteiger partial charge < -0.3 is 4.57 Å². The molecule has 0 fully saturated rings. The minimum Gasteiger partial charge on any atom is -0.344 e. The first kappa shape index (κ1) is 16.4. The fourth-order valence-corrected chi connectivity index (χ4v) is 3.36. The molecule has 3 aromatic rings. The standard InChI is InChI=1S/C21H24N2O/c1-4-5-13-23-18-11-7-6-10-17(18)19(20(23)15(2)3)21(24)16-9-8-12-22-14-16/h6-12,14-15H,4-5,13H2,1-3H3. The van der Waals surface area contributed by atoms with Crippen LogP contribution in [0.3, 0.4) is 0 Å². The van der Waals surface area contributed by atoms with Gasteiger partial charge in [0.05, 0.1) is 5.56 Å². The predicted octanol–water partition coefficient (Wildman–Crippen LogP) is 5.19. The number of carbonyl (C=O) groups excluding carboxylic acids is 1. The van der Waals surface area contributed by atoms with Gasteiger partial charge in [0.1, 0.15) is 0 Å². The van der Waals surface area contributed by atoms with Gasteiger partial charge in [-0.05, 0) is 30.5 Å². The second-order valence-corrected chi connectivity index (χ2v) is 6.51. The van der Waals surface area contributed by atoms with E-state index in [1.807, 2.05) is 24.3 Å². The summed E-state index contributed by atoms with van der Waals surface area (Å²) in [6.45, 7) is 7.47. The van der Waals surface area contributed by atoms with E-state index in [2.05, 4.69) is 42.5 Å². The lowest BCUT2D eigenvalue weighted by Crippen LogP contribution is -2.10. The van der Waals surface area contributed by atoms with Gasteiger partial charge in [0.15, 0.2) is 5.78 Å². The highest BCUT2D eigenvalue weighted by molar-refractivity contribution is 6.17. The molecule has 3 nitrogen and oxygen atoms in total. The Kier molecular flexibility index (Phi) is 4.79. The fraction of sp³-hybridized carbons (Fsp3) is 0.333. The third-order valence-electron chi connectivity index (χ3n) is 4.44. The summed E-state index contributed by atoms with van der Waals surface area (Å²) >= 11 is 0. The predicted molar refractivity (Wildman–Crippen MR) is 98.6 cm³/mol. The molecule has 124 valence electrons. The van der Waals surface area contributed by atoms with Crippen LogP contribution in [0.25, 0.3) is 10.9 Å². The highest BCUT2D eigenvalue weighted by atomic mass is 16.1. The molecule has 0 aliphatic carbocycles. The lowest BCUT2D eigenvalue weighted by Gasteiger charge is -2.14. The van der Waals surface area contributed by atoms with Crippen molar-refractivity contribution in [3.63, 3.8) is 0 Å². The quantitative estimate of drug-likeness (QED) is 0.586. The zero-order chi connectivity index (χ0) is 17.1. The Labute approximate surface area is 143 Å². The maximum Gasteiger partial charge on any atom is 0.197 e. The largest absolute Gasteiger partial charge is 0.344 e.